The molecule has 0 saturated heterocycles. The second kappa shape index (κ2) is 4.88. The highest BCUT2D eigenvalue weighted by Gasteiger charge is 2.21. The molecule has 0 fully saturated rings. The Bertz CT molecular complexity index is 604. The Kier molecular flexibility index (Phi) is 3.07. The number of anilines is 1. The van der Waals surface area contributed by atoms with Gasteiger partial charge in [-0.1, -0.05) is 17.3 Å². The van der Waals surface area contributed by atoms with E-state index in [2.05, 4.69) is 10.1 Å². The molecule has 19 heavy (non-hydrogen) atoms. The number of hydrogen-bond donors (Lipinski definition) is 0. The molecule has 0 N–H and O–H groups in total. The zero-order valence-corrected chi connectivity index (χ0v) is 10.9. The summed E-state index contributed by atoms with van der Waals surface area (Å²) in [5, 5.41) is 4.03. The van der Waals surface area contributed by atoms with Gasteiger partial charge in [-0.2, -0.15) is 0 Å². The third-order valence-electron chi connectivity index (χ3n) is 3.41. The standard InChI is InChI=1S/C15H16N2O2/c1-11-9-12(16-19-11)10-17-8-4-7-15(18)13-5-2-3-6-14(13)17/h2-3,5-6,9H,4,7-8,10H2,1H3. The predicted molar refractivity (Wildman–Crippen MR) is 72.3 cm³/mol. The molecule has 0 spiro atoms. The smallest absolute Gasteiger partial charge is 0.165 e. The number of aromatic nitrogens is 1. The van der Waals surface area contributed by atoms with Crippen molar-refractivity contribution in [3.05, 3.63) is 47.3 Å². The van der Waals surface area contributed by atoms with Crippen molar-refractivity contribution in [3.8, 4) is 0 Å². The van der Waals surface area contributed by atoms with Crippen LogP contribution in [-0.2, 0) is 6.54 Å². The summed E-state index contributed by atoms with van der Waals surface area (Å²) >= 11 is 0. The summed E-state index contributed by atoms with van der Waals surface area (Å²) in [6.45, 7) is 3.44. The van der Waals surface area contributed by atoms with Crippen LogP contribution in [0, 0.1) is 6.92 Å². The van der Waals surface area contributed by atoms with Crippen molar-refractivity contribution < 1.29 is 9.32 Å². The highest BCUT2D eigenvalue weighted by atomic mass is 16.5. The van der Waals surface area contributed by atoms with Gasteiger partial charge in [0.15, 0.2) is 5.78 Å². The molecule has 1 aliphatic rings. The van der Waals surface area contributed by atoms with Crippen LogP contribution in [0.4, 0.5) is 5.69 Å². The van der Waals surface area contributed by atoms with E-state index >= 15 is 0 Å². The van der Waals surface area contributed by atoms with Crippen molar-refractivity contribution in [2.45, 2.75) is 26.3 Å². The molecular formula is C15H16N2O2. The van der Waals surface area contributed by atoms with Crippen molar-refractivity contribution in [1.82, 2.24) is 5.16 Å². The fraction of sp³-hybridized carbons (Fsp3) is 0.333. The summed E-state index contributed by atoms with van der Waals surface area (Å²) in [6.07, 6.45) is 1.50. The number of ketones is 1. The minimum atomic E-state index is 0.231. The van der Waals surface area contributed by atoms with E-state index in [1.807, 2.05) is 37.3 Å². The first-order valence-corrected chi connectivity index (χ1v) is 6.53. The Morgan fingerprint density at radius 2 is 2.21 bits per heavy atom. The van der Waals surface area contributed by atoms with Gasteiger partial charge in [-0.25, -0.2) is 0 Å². The van der Waals surface area contributed by atoms with E-state index in [1.165, 1.54) is 0 Å². The summed E-state index contributed by atoms with van der Waals surface area (Å²) in [4.78, 5) is 14.3. The normalized spacial score (nSPS) is 15.2. The third kappa shape index (κ3) is 2.38. The molecule has 3 rings (SSSR count). The number of rotatable bonds is 2. The van der Waals surface area contributed by atoms with Crippen LogP contribution in [0.25, 0.3) is 0 Å². The molecule has 0 unspecified atom stereocenters. The van der Waals surface area contributed by atoms with Crippen molar-refractivity contribution >= 4 is 11.5 Å². The van der Waals surface area contributed by atoms with Gasteiger partial charge in [0, 0.05) is 30.3 Å². The molecule has 0 bridgehead atoms. The van der Waals surface area contributed by atoms with E-state index in [9.17, 15) is 4.79 Å². The first kappa shape index (κ1) is 12.0. The SMILES string of the molecule is Cc1cc(CN2CCCC(=O)c3ccccc32)no1. The number of Topliss-reactive ketones (excluding diaryl/α,β-unsaturated/α-hetero) is 1. The Hall–Kier alpha value is -2.10. The maximum atomic E-state index is 12.0. The van der Waals surface area contributed by atoms with Crippen LogP contribution in [-0.4, -0.2) is 17.5 Å². The molecular weight excluding hydrogens is 240 g/mol. The number of fused-ring (bicyclic) bond motifs is 1. The average Bonchev–Trinajstić information content (AvgIpc) is 2.75. The molecule has 2 heterocycles. The highest BCUT2D eigenvalue weighted by molar-refractivity contribution is 6.01. The van der Waals surface area contributed by atoms with Crippen LogP contribution in [0.1, 0.15) is 34.7 Å². The van der Waals surface area contributed by atoms with Crippen LogP contribution in [0.5, 0.6) is 0 Å². The van der Waals surface area contributed by atoms with Crippen LogP contribution >= 0.6 is 0 Å². The van der Waals surface area contributed by atoms with Crippen molar-refractivity contribution in [2.75, 3.05) is 11.4 Å². The van der Waals surface area contributed by atoms with E-state index in [1.54, 1.807) is 0 Å². The van der Waals surface area contributed by atoms with Gasteiger partial charge in [-0.15, -0.1) is 0 Å². The topological polar surface area (TPSA) is 46.3 Å². The molecule has 0 aliphatic carbocycles. The van der Waals surface area contributed by atoms with Crippen molar-refractivity contribution in [1.29, 1.82) is 0 Å². The van der Waals surface area contributed by atoms with Gasteiger partial charge in [0.2, 0.25) is 0 Å². The van der Waals surface area contributed by atoms with Gasteiger partial charge >= 0.3 is 0 Å². The molecule has 1 aromatic heterocycles. The number of hydrogen-bond acceptors (Lipinski definition) is 4. The lowest BCUT2D eigenvalue weighted by Gasteiger charge is -2.23. The molecule has 4 nitrogen and oxygen atoms in total. The largest absolute Gasteiger partial charge is 0.365 e. The van der Waals surface area contributed by atoms with E-state index in [-0.39, 0.29) is 5.78 Å². The lowest BCUT2D eigenvalue weighted by Crippen LogP contribution is -2.23. The van der Waals surface area contributed by atoms with Crippen LogP contribution < -0.4 is 4.90 Å². The Balaban J connectivity index is 1.93. The third-order valence-corrected chi connectivity index (χ3v) is 3.41. The first-order chi connectivity index (χ1) is 9.24. The predicted octanol–water partition coefficient (Wildman–Crippen LogP) is 2.97. The number of nitrogens with zero attached hydrogens (tertiary/aromatic N) is 2. The monoisotopic (exact) mass is 256 g/mol. The quantitative estimate of drug-likeness (QED) is 0.828. The number of para-hydroxylation sites is 1. The van der Waals surface area contributed by atoms with Gasteiger partial charge in [-0.05, 0) is 25.5 Å². The second-order valence-corrected chi connectivity index (χ2v) is 4.89. The van der Waals surface area contributed by atoms with Gasteiger partial charge in [0.05, 0.1) is 6.54 Å². The van der Waals surface area contributed by atoms with E-state index in [4.69, 9.17) is 4.52 Å². The second-order valence-electron chi connectivity index (χ2n) is 4.89. The summed E-state index contributed by atoms with van der Waals surface area (Å²) in [5.41, 5.74) is 2.73. The van der Waals surface area contributed by atoms with E-state index < -0.39 is 0 Å². The van der Waals surface area contributed by atoms with E-state index in [0.29, 0.717) is 13.0 Å². The van der Waals surface area contributed by atoms with Crippen LogP contribution in [0.3, 0.4) is 0 Å². The molecule has 4 heteroatoms. The van der Waals surface area contributed by atoms with Gasteiger partial charge < -0.3 is 9.42 Å². The van der Waals surface area contributed by atoms with Crippen LogP contribution in [0.15, 0.2) is 34.9 Å². The number of benzene rings is 1. The Morgan fingerprint density at radius 3 is 3.00 bits per heavy atom. The highest BCUT2D eigenvalue weighted by Crippen LogP contribution is 2.27. The van der Waals surface area contributed by atoms with Gasteiger partial charge in [0.1, 0.15) is 11.5 Å². The molecule has 0 radical (unpaired) electrons. The molecule has 0 amide bonds. The zero-order valence-electron chi connectivity index (χ0n) is 10.9. The maximum absolute atomic E-state index is 12.0. The fourth-order valence-electron chi connectivity index (χ4n) is 2.52. The summed E-state index contributed by atoms with van der Waals surface area (Å²) in [6, 6.07) is 9.74. The van der Waals surface area contributed by atoms with E-state index in [0.717, 1.165) is 35.7 Å². The molecule has 0 atom stereocenters. The first-order valence-electron chi connectivity index (χ1n) is 6.53. The molecule has 2 aromatic rings. The summed E-state index contributed by atoms with van der Waals surface area (Å²) in [7, 11) is 0. The maximum Gasteiger partial charge on any atom is 0.165 e. The number of aryl methyl sites for hydroxylation is 1. The van der Waals surface area contributed by atoms with Gasteiger partial charge in [0.25, 0.3) is 0 Å². The number of carbonyl (C=O) groups excluding carboxylic acids is 1. The summed E-state index contributed by atoms with van der Waals surface area (Å²) in [5.74, 6) is 1.05. The average molecular weight is 256 g/mol. The Morgan fingerprint density at radius 1 is 1.37 bits per heavy atom. The molecule has 1 aliphatic heterocycles. The minimum absolute atomic E-state index is 0.231. The number of carbonyl (C=O) groups is 1. The zero-order chi connectivity index (χ0) is 13.2. The summed E-state index contributed by atoms with van der Waals surface area (Å²) < 4.78 is 5.10. The fourth-order valence-corrected chi connectivity index (χ4v) is 2.52. The lowest BCUT2D eigenvalue weighted by molar-refractivity contribution is 0.0984. The van der Waals surface area contributed by atoms with Crippen molar-refractivity contribution in [3.63, 3.8) is 0 Å². The van der Waals surface area contributed by atoms with Gasteiger partial charge in [-0.3, -0.25) is 4.79 Å². The molecule has 0 saturated carbocycles. The van der Waals surface area contributed by atoms with Crippen molar-refractivity contribution in [2.24, 2.45) is 0 Å². The Labute approximate surface area is 112 Å². The molecule has 1 aromatic carbocycles. The van der Waals surface area contributed by atoms with Crippen LogP contribution in [0.2, 0.25) is 0 Å². The molecule has 98 valence electrons. The minimum Gasteiger partial charge on any atom is -0.365 e. The lowest BCUT2D eigenvalue weighted by atomic mass is 10.1.